The molecule has 0 radical (unpaired) electrons. The minimum absolute atomic E-state index is 0.144. The average Bonchev–Trinajstić information content (AvgIpc) is 2.99. The van der Waals surface area contributed by atoms with E-state index < -0.39 is 24.9 Å². The number of allylic oxidation sites excluding steroid dienone is 1. The highest BCUT2D eigenvalue weighted by atomic mass is 19.3. The summed E-state index contributed by atoms with van der Waals surface area (Å²) in [5.41, 5.74) is 3.45. The van der Waals surface area contributed by atoms with Crippen LogP contribution in [0.3, 0.4) is 0 Å². The van der Waals surface area contributed by atoms with Gasteiger partial charge in [-0.3, -0.25) is 4.90 Å². The van der Waals surface area contributed by atoms with Crippen molar-refractivity contribution in [1.82, 2.24) is 20.5 Å². The van der Waals surface area contributed by atoms with Crippen LogP contribution < -0.4 is 30.3 Å². The van der Waals surface area contributed by atoms with E-state index in [2.05, 4.69) is 36.8 Å². The molecule has 1 aromatic carbocycles. The number of aromatic nitrogens is 1. The fraction of sp³-hybridized carbons (Fsp3) is 0.500. The van der Waals surface area contributed by atoms with Crippen LogP contribution in [0.1, 0.15) is 24.5 Å². The molecule has 2 aromatic rings. The molecule has 0 amide bonds. The fourth-order valence-corrected chi connectivity index (χ4v) is 5.72. The summed E-state index contributed by atoms with van der Waals surface area (Å²) in [7, 11) is 1.62. The molecule has 4 aliphatic rings. The number of nitrogens with one attached hydrogen (secondary N) is 3. The van der Waals surface area contributed by atoms with Crippen molar-refractivity contribution in [1.29, 1.82) is 5.26 Å². The second-order valence-corrected chi connectivity index (χ2v) is 11.1. The van der Waals surface area contributed by atoms with Crippen LogP contribution >= 0.6 is 0 Å². The van der Waals surface area contributed by atoms with Gasteiger partial charge in [0.2, 0.25) is 5.88 Å². The maximum absolute atomic E-state index is 14.3. The van der Waals surface area contributed by atoms with Gasteiger partial charge >= 0.3 is 0 Å². The maximum atomic E-state index is 14.3. The van der Waals surface area contributed by atoms with Crippen molar-refractivity contribution in [3.63, 3.8) is 0 Å². The Kier molecular flexibility index (Phi) is 8.34. The molecule has 0 spiro atoms. The molecule has 0 aliphatic carbocycles. The molecule has 0 saturated carbocycles. The van der Waals surface area contributed by atoms with Crippen LogP contribution in [-0.4, -0.2) is 100 Å². The third kappa shape index (κ3) is 6.22. The Balaban J connectivity index is 1.12. The van der Waals surface area contributed by atoms with Crippen molar-refractivity contribution in [2.45, 2.75) is 37.7 Å². The van der Waals surface area contributed by atoms with Gasteiger partial charge in [0.1, 0.15) is 23.3 Å². The smallest absolute Gasteiger partial charge is 0.296 e. The highest BCUT2D eigenvalue weighted by molar-refractivity contribution is 5.91. The molecular formula is C30H36F2N8O3. The number of aliphatic imine (C=N–C) groups is 1. The molecule has 43 heavy (non-hydrogen) atoms. The van der Waals surface area contributed by atoms with E-state index in [4.69, 9.17) is 19.2 Å². The number of methoxy groups -OCH3 is 1. The molecule has 6 rings (SSSR count). The maximum Gasteiger partial charge on any atom is 0.296 e. The summed E-state index contributed by atoms with van der Waals surface area (Å²) in [6.07, 6.45) is 0.0735. The van der Waals surface area contributed by atoms with Crippen molar-refractivity contribution in [2.75, 3.05) is 69.8 Å². The number of benzene rings is 1. The summed E-state index contributed by atoms with van der Waals surface area (Å²) in [5, 5.41) is 19.1. The zero-order valence-corrected chi connectivity index (χ0v) is 24.3. The van der Waals surface area contributed by atoms with E-state index in [0.29, 0.717) is 29.8 Å². The predicted octanol–water partition coefficient (Wildman–Crippen LogP) is 2.66. The first-order valence-corrected chi connectivity index (χ1v) is 14.5. The Morgan fingerprint density at radius 1 is 1.16 bits per heavy atom. The fourth-order valence-electron chi connectivity index (χ4n) is 5.72. The molecule has 4 aliphatic heterocycles. The van der Waals surface area contributed by atoms with E-state index in [-0.39, 0.29) is 17.7 Å². The molecule has 0 bridgehead atoms. The number of pyridine rings is 1. The quantitative estimate of drug-likeness (QED) is 0.421. The standard InChI is InChI=1S/C30H36F2N8O3/c1-19-15-35-29(37-26-6-4-23(28(36-26)41-2)40-11-9-39(10-12-40)22-16-42-17-22)38-27(19)20-3-5-24(21(13-20)14-33)43-25-7-8-34-18-30(25,31)32/h3-6,13,15,22,25,29,34,38H,7-12,16-18H2,1-2H3,(H,36,37). The lowest BCUT2D eigenvalue weighted by Gasteiger charge is -2.43. The molecule has 11 nitrogen and oxygen atoms in total. The Morgan fingerprint density at radius 3 is 2.67 bits per heavy atom. The molecule has 228 valence electrons. The number of piperidine rings is 1. The van der Waals surface area contributed by atoms with Crippen molar-refractivity contribution < 1.29 is 23.0 Å². The summed E-state index contributed by atoms with van der Waals surface area (Å²) in [5.74, 6) is -1.75. The van der Waals surface area contributed by atoms with Crippen molar-refractivity contribution in [2.24, 2.45) is 4.99 Å². The number of alkyl halides is 2. The largest absolute Gasteiger partial charge is 0.483 e. The topological polar surface area (TPSA) is 119 Å². The van der Waals surface area contributed by atoms with Gasteiger partial charge in [-0.05, 0) is 54.9 Å². The number of anilines is 2. The number of hydrogen-bond acceptors (Lipinski definition) is 11. The SMILES string of the molecule is COc1nc(NC2N=CC(C)=C(c3ccc(OC4CCNCC4(F)F)c(C#N)c3)N2)ccc1N1CCN(C2COC2)CC1. The van der Waals surface area contributed by atoms with Gasteiger partial charge < -0.3 is 35.1 Å². The average molecular weight is 595 g/mol. The molecule has 3 saturated heterocycles. The van der Waals surface area contributed by atoms with Crippen LogP contribution in [0.5, 0.6) is 11.6 Å². The zero-order chi connectivity index (χ0) is 30.0. The van der Waals surface area contributed by atoms with E-state index >= 15 is 0 Å². The molecular weight excluding hydrogens is 558 g/mol. The van der Waals surface area contributed by atoms with Crippen LogP contribution in [0.2, 0.25) is 0 Å². The Labute approximate surface area is 249 Å². The van der Waals surface area contributed by atoms with E-state index in [1.165, 1.54) is 0 Å². The van der Waals surface area contributed by atoms with Crippen LogP contribution in [0.25, 0.3) is 5.70 Å². The van der Waals surface area contributed by atoms with Crippen molar-refractivity contribution in [3.8, 4) is 17.7 Å². The highest BCUT2D eigenvalue weighted by Crippen LogP contribution is 2.33. The number of nitriles is 1. The zero-order valence-electron chi connectivity index (χ0n) is 24.3. The monoisotopic (exact) mass is 594 g/mol. The van der Waals surface area contributed by atoms with Crippen LogP contribution in [0, 0.1) is 11.3 Å². The van der Waals surface area contributed by atoms with E-state index in [9.17, 15) is 14.0 Å². The first-order chi connectivity index (χ1) is 20.8. The molecule has 3 N–H and O–H groups in total. The highest BCUT2D eigenvalue weighted by Gasteiger charge is 2.43. The normalized spacial score (nSPS) is 24.1. The lowest BCUT2D eigenvalue weighted by Crippen LogP contribution is -2.56. The summed E-state index contributed by atoms with van der Waals surface area (Å²) in [6.45, 7) is 7.24. The third-order valence-corrected chi connectivity index (χ3v) is 8.28. The lowest BCUT2D eigenvalue weighted by atomic mass is 10.0. The third-order valence-electron chi connectivity index (χ3n) is 8.28. The lowest BCUT2D eigenvalue weighted by molar-refractivity contribution is -0.109. The first-order valence-electron chi connectivity index (χ1n) is 14.5. The summed E-state index contributed by atoms with van der Waals surface area (Å²) in [6, 6.07) is 11.5. The van der Waals surface area contributed by atoms with Gasteiger partial charge in [0, 0.05) is 44.5 Å². The minimum atomic E-state index is -3.02. The second kappa shape index (κ2) is 12.3. The Bertz CT molecular complexity index is 1430. The number of hydrogen-bond donors (Lipinski definition) is 3. The van der Waals surface area contributed by atoms with Crippen LogP contribution in [-0.2, 0) is 4.74 Å². The van der Waals surface area contributed by atoms with Gasteiger partial charge in [-0.15, -0.1) is 0 Å². The first kappa shape index (κ1) is 29.1. The summed E-state index contributed by atoms with van der Waals surface area (Å²) >= 11 is 0. The number of halogens is 2. The van der Waals surface area contributed by atoms with Gasteiger partial charge in [-0.2, -0.15) is 10.2 Å². The van der Waals surface area contributed by atoms with Crippen molar-refractivity contribution in [3.05, 3.63) is 47.0 Å². The number of nitrogens with zero attached hydrogens (tertiary/aromatic N) is 5. The molecule has 5 heterocycles. The Hall–Kier alpha value is -3.99. The van der Waals surface area contributed by atoms with E-state index in [1.54, 1.807) is 31.5 Å². The van der Waals surface area contributed by atoms with Gasteiger partial charge in [0.05, 0.1) is 38.5 Å². The van der Waals surface area contributed by atoms with Gasteiger partial charge in [0.15, 0.2) is 12.4 Å². The second-order valence-electron chi connectivity index (χ2n) is 11.1. The van der Waals surface area contributed by atoms with Crippen molar-refractivity contribution >= 4 is 23.4 Å². The number of piperazine rings is 1. The van der Waals surface area contributed by atoms with Gasteiger partial charge in [-0.25, -0.2) is 13.8 Å². The number of rotatable bonds is 8. The van der Waals surface area contributed by atoms with Gasteiger partial charge in [-0.1, -0.05) is 0 Å². The van der Waals surface area contributed by atoms with E-state index in [1.807, 2.05) is 19.1 Å². The minimum Gasteiger partial charge on any atom is -0.483 e. The molecule has 1 aromatic heterocycles. The molecule has 2 unspecified atom stereocenters. The summed E-state index contributed by atoms with van der Waals surface area (Å²) < 4.78 is 45.3. The molecule has 13 heteroatoms. The van der Waals surface area contributed by atoms with E-state index in [0.717, 1.165) is 56.4 Å². The molecule has 2 atom stereocenters. The number of ether oxygens (including phenoxy) is 3. The van der Waals surface area contributed by atoms with Gasteiger partial charge in [0.25, 0.3) is 5.92 Å². The molecule has 3 fully saturated rings. The Morgan fingerprint density at radius 2 is 1.98 bits per heavy atom. The predicted molar refractivity (Wildman–Crippen MR) is 159 cm³/mol. The van der Waals surface area contributed by atoms with Crippen LogP contribution in [0.15, 0.2) is 40.9 Å². The summed E-state index contributed by atoms with van der Waals surface area (Å²) in [4.78, 5) is 14.0. The van der Waals surface area contributed by atoms with Crippen LogP contribution in [0.4, 0.5) is 20.3 Å².